The van der Waals surface area contributed by atoms with E-state index in [1.165, 1.54) is 5.01 Å². The van der Waals surface area contributed by atoms with Crippen molar-refractivity contribution in [2.75, 3.05) is 33.2 Å². The topological polar surface area (TPSA) is 95.1 Å². The number of rotatable bonds is 4. The van der Waals surface area contributed by atoms with Crippen LogP contribution in [0, 0.1) is 0 Å². The van der Waals surface area contributed by atoms with E-state index < -0.39 is 0 Å². The zero-order valence-electron chi connectivity index (χ0n) is 14.3. The van der Waals surface area contributed by atoms with Gasteiger partial charge in [-0.1, -0.05) is 5.16 Å². The molecule has 1 aliphatic carbocycles. The molecule has 4 rings (SSSR count). The molecule has 9 nitrogen and oxygen atoms in total. The predicted molar refractivity (Wildman–Crippen MR) is 87.6 cm³/mol. The average Bonchev–Trinajstić information content (AvgIpc) is 3.37. The lowest BCUT2D eigenvalue weighted by molar-refractivity contribution is -0.131. The first-order valence-corrected chi connectivity index (χ1v) is 8.78. The van der Waals surface area contributed by atoms with Gasteiger partial charge < -0.3 is 9.42 Å². The number of piperazine rings is 1. The van der Waals surface area contributed by atoms with E-state index in [-0.39, 0.29) is 11.8 Å². The van der Waals surface area contributed by atoms with Gasteiger partial charge in [0, 0.05) is 52.0 Å². The van der Waals surface area contributed by atoms with Crippen LogP contribution in [-0.4, -0.2) is 75.7 Å². The fraction of sp³-hybridized carbons (Fsp3) is 0.688. The Hall–Kier alpha value is -2.29. The summed E-state index contributed by atoms with van der Waals surface area (Å²) in [5, 5.41) is 9.43. The smallest absolute Gasteiger partial charge is 0.270 e. The minimum absolute atomic E-state index is 0.0490. The molecule has 0 bridgehead atoms. The fourth-order valence-corrected chi connectivity index (χ4v) is 3.14. The zero-order valence-corrected chi connectivity index (χ0v) is 14.3. The third-order valence-corrected chi connectivity index (χ3v) is 4.89. The summed E-state index contributed by atoms with van der Waals surface area (Å²) in [4.78, 5) is 32.5. The number of hydrazone groups is 1. The average molecular weight is 346 g/mol. The third kappa shape index (κ3) is 3.55. The maximum absolute atomic E-state index is 12.6. The minimum Gasteiger partial charge on any atom is -0.339 e. The standard InChI is InChI=1S/C16H22N6O3/c1-20-14(23)5-4-12(18-20)16(24)22-8-6-21(7-9-22)10-13-17-15(25-19-13)11-2-3-11/h11H,2-10H2,1H3. The number of carbonyl (C=O) groups excluding carboxylic acids is 2. The summed E-state index contributed by atoms with van der Waals surface area (Å²) < 4.78 is 5.29. The van der Waals surface area contributed by atoms with Gasteiger partial charge in [-0.15, -0.1) is 0 Å². The number of aromatic nitrogens is 2. The molecule has 1 aromatic heterocycles. The third-order valence-electron chi connectivity index (χ3n) is 4.89. The predicted octanol–water partition coefficient (Wildman–Crippen LogP) is 0.199. The zero-order chi connectivity index (χ0) is 17.4. The molecule has 3 aliphatic rings. The van der Waals surface area contributed by atoms with Crippen molar-refractivity contribution in [3.63, 3.8) is 0 Å². The van der Waals surface area contributed by atoms with E-state index in [0.717, 1.165) is 37.6 Å². The van der Waals surface area contributed by atoms with Crippen LogP contribution in [0.1, 0.15) is 43.3 Å². The molecule has 1 saturated carbocycles. The van der Waals surface area contributed by atoms with Gasteiger partial charge in [0.05, 0.1) is 6.54 Å². The second-order valence-electron chi connectivity index (χ2n) is 6.86. The molecule has 0 spiro atoms. The van der Waals surface area contributed by atoms with Crippen molar-refractivity contribution in [1.29, 1.82) is 0 Å². The molecular formula is C16H22N6O3. The van der Waals surface area contributed by atoms with Gasteiger partial charge >= 0.3 is 0 Å². The Morgan fingerprint density at radius 2 is 1.96 bits per heavy atom. The highest BCUT2D eigenvalue weighted by molar-refractivity contribution is 6.39. The van der Waals surface area contributed by atoms with Gasteiger partial charge in [-0.05, 0) is 12.8 Å². The maximum atomic E-state index is 12.6. The highest BCUT2D eigenvalue weighted by Crippen LogP contribution is 2.38. The van der Waals surface area contributed by atoms with Gasteiger partial charge in [0.2, 0.25) is 11.8 Å². The summed E-state index contributed by atoms with van der Waals surface area (Å²) in [6.45, 7) is 3.46. The van der Waals surface area contributed by atoms with Crippen molar-refractivity contribution in [3.05, 3.63) is 11.7 Å². The maximum Gasteiger partial charge on any atom is 0.270 e. The van der Waals surface area contributed by atoms with Gasteiger partial charge in [-0.25, -0.2) is 5.01 Å². The van der Waals surface area contributed by atoms with Crippen LogP contribution in [0.25, 0.3) is 0 Å². The number of hydrogen-bond acceptors (Lipinski definition) is 7. The second-order valence-corrected chi connectivity index (χ2v) is 6.86. The minimum atomic E-state index is -0.0606. The van der Waals surface area contributed by atoms with E-state index in [2.05, 4.69) is 20.1 Å². The molecule has 0 N–H and O–H groups in total. The molecule has 2 amide bonds. The Kier molecular flexibility index (Phi) is 4.24. The van der Waals surface area contributed by atoms with Crippen molar-refractivity contribution < 1.29 is 14.1 Å². The van der Waals surface area contributed by atoms with E-state index in [1.807, 2.05) is 4.90 Å². The van der Waals surface area contributed by atoms with Crippen LogP contribution < -0.4 is 0 Å². The monoisotopic (exact) mass is 346 g/mol. The first-order chi connectivity index (χ1) is 12.1. The van der Waals surface area contributed by atoms with Crippen LogP contribution >= 0.6 is 0 Å². The molecule has 2 fully saturated rings. The van der Waals surface area contributed by atoms with Crippen LogP contribution in [0.2, 0.25) is 0 Å². The second kappa shape index (κ2) is 6.55. The van der Waals surface area contributed by atoms with Crippen molar-refractivity contribution >= 4 is 17.5 Å². The van der Waals surface area contributed by atoms with Crippen molar-refractivity contribution in [3.8, 4) is 0 Å². The van der Waals surface area contributed by atoms with Gasteiger partial charge in [0.1, 0.15) is 5.71 Å². The largest absolute Gasteiger partial charge is 0.339 e. The Labute approximate surface area is 145 Å². The van der Waals surface area contributed by atoms with E-state index in [4.69, 9.17) is 4.52 Å². The van der Waals surface area contributed by atoms with Crippen LogP contribution in [0.5, 0.6) is 0 Å². The fourth-order valence-electron chi connectivity index (χ4n) is 3.14. The number of carbonyl (C=O) groups is 2. The van der Waals surface area contributed by atoms with Crippen LogP contribution in [-0.2, 0) is 16.1 Å². The number of nitrogens with zero attached hydrogens (tertiary/aromatic N) is 6. The Morgan fingerprint density at radius 1 is 1.20 bits per heavy atom. The lowest BCUT2D eigenvalue weighted by Gasteiger charge is -2.34. The van der Waals surface area contributed by atoms with Gasteiger partial charge in [-0.2, -0.15) is 10.1 Å². The normalized spacial score (nSPS) is 22.3. The summed E-state index contributed by atoms with van der Waals surface area (Å²) >= 11 is 0. The van der Waals surface area contributed by atoms with E-state index in [9.17, 15) is 9.59 Å². The molecular weight excluding hydrogens is 324 g/mol. The SMILES string of the molecule is CN1N=C(C(=O)N2CCN(Cc3noc(C4CC4)n3)CC2)CCC1=O. The quantitative estimate of drug-likeness (QED) is 0.773. The molecule has 0 unspecified atom stereocenters. The molecule has 134 valence electrons. The van der Waals surface area contributed by atoms with E-state index >= 15 is 0 Å². The molecule has 0 aromatic carbocycles. The summed E-state index contributed by atoms with van der Waals surface area (Å²) in [7, 11) is 1.59. The lowest BCUT2D eigenvalue weighted by atomic mass is 10.1. The molecule has 1 saturated heterocycles. The van der Waals surface area contributed by atoms with E-state index in [0.29, 0.717) is 44.1 Å². The molecule has 3 heterocycles. The van der Waals surface area contributed by atoms with Gasteiger partial charge in [0.25, 0.3) is 5.91 Å². The Bertz CT molecular complexity index is 702. The lowest BCUT2D eigenvalue weighted by Crippen LogP contribution is -2.51. The number of hydrogen-bond donors (Lipinski definition) is 0. The highest BCUT2D eigenvalue weighted by Gasteiger charge is 2.31. The highest BCUT2D eigenvalue weighted by atomic mass is 16.5. The van der Waals surface area contributed by atoms with E-state index in [1.54, 1.807) is 7.05 Å². The van der Waals surface area contributed by atoms with Gasteiger partial charge in [-0.3, -0.25) is 14.5 Å². The van der Waals surface area contributed by atoms with Crippen LogP contribution in [0.4, 0.5) is 0 Å². The summed E-state index contributed by atoms with van der Waals surface area (Å²) in [5.74, 6) is 1.84. The molecule has 0 radical (unpaired) electrons. The Balaban J connectivity index is 1.29. The number of amides is 2. The van der Waals surface area contributed by atoms with Crippen LogP contribution in [0.15, 0.2) is 9.62 Å². The first kappa shape index (κ1) is 16.2. The molecule has 25 heavy (non-hydrogen) atoms. The summed E-state index contributed by atoms with van der Waals surface area (Å²) in [6.07, 6.45) is 3.07. The molecule has 9 heteroatoms. The molecule has 1 aromatic rings. The Morgan fingerprint density at radius 3 is 2.64 bits per heavy atom. The van der Waals surface area contributed by atoms with Crippen molar-refractivity contribution in [1.82, 2.24) is 24.9 Å². The van der Waals surface area contributed by atoms with Gasteiger partial charge in [0.15, 0.2) is 5.82 Å². The summed E-state index contributed by atoms with van der Waals surface area (Å²) in [6, 6.07) is 0. The first-order valence-electron chi connectivity index (χ1n) is 8.78. The van der Waals surface area contributed by atoms with Crippen LogP contribution in [0.3, 0.4) is 0 Å². The molecule has 2 aliphatic heterocycles. The summed E-state index contributed by atoms with van der Waals surface area (Å²) in [5.41, 5.74) is 0.475. The van der Waals surface area contributed by atoms with Crippen molar-refractivity contribution in [2.24, 2.45) is 5.10 Å². The molecule has 0 atom stereocenters. The van der Waals surface area contributed by atoms with Crippen molar-refractivity contribution in [2.45, 2.75) is 38.1 Å².